The Morgan fingerprint density at radius 1 is 1.75 bits per heavy atom. The summed E-state index contributed by atoms with van der Waals surface area (Å²) in [5.41, 5.74) is 6.64. The van der Waals surface area contributed by atoms with Crippen molar-refractivity contribution < 1.29 is 19.5 Å². The molecule has 0 unspecified atom stereocenters. The maximum absolute atomic E-state index is 8.11. The second-order valence-electron chi connectivity index (χ2n) is 0.0816. The van der Waals surface area contributed by atoms with Crippen LogP contribution in [0.3, 0.4) is 0 Å². The number of hydrogen-bond donors (Lipinski definition) is 0. The van der Waals surface area contributed by atoms with Crippen molar-refractivity contribution in [3.63, 3.8) is 0 Å². The molecule has 0 N–H and O–H groups in total. The van der Waals surface area contributed by atoms with E-state index >= 15 is 0 Å². The summed E-state index contributed by atoms with van der Waals surface area (Å²) < 4.78 is 0. The molecule has 0 aromatic rings. The van der Waals surface area contributed by atoms with Crippen molar-refractivity contribution in [2.75, 3.05) is 0 Å². The van der Waals surface area contributed by atoms with Crippen LogP contribution in [0.2, 0.25) is 0 Å². The van der Waals surface area contributed by atoms with Gasteiger partial charge in [-0.25, -0.2) is 0 Å². The van der Waals surface area contributed by atoms with Crippen molar-refractivity contribution in [1.82, 2.24) is 4.97 Å². The van der Waals surface area contributed by atoms with Gasteiger partial charge in [-0.2, -0.15) is 0 Å². The predicted molar refractivity (Wildman–Crippen MR) is 8.86 cm³/mol. The summed E-state index contributed by atoms with van der Waals surface area (Å²) in [6, 6.07) is 0. The summed E-state index contributed by atoms with van der Waals surface area (Å²) in [7, 11) is 0. The standard InChI is InChI=1S/N2O.Zn/c1-2-3;. The van der Waals surface area contributed by atoms with E-state index in [4.69, 9.17) is 10.4 Å². The molecule has 0 rings (SSSR count). The van der Waals surface area contributed by atoms with Crippen LogP contribution in [0, 0.1) is 4.91 Å². The van der Waals surface area contributed by atoms with E-state index in [1.807, 2.05) is 0 Å². The van der Waals surface area contributed by atoms with Crippen LogP contribution in [0.25, 0.3) is 5.53 Å². The van der Waals surface area contributed by atoms with Crippen LogP contribution < -0.4 is 4.97 Å². The minimum atomic E-state index is 0. The van der Waals surface area contributed by atoms with Gasteiger partial charge >= 0.3 is 0 Å². The molecule has 18 valence electrons. The Balaban J connectivity index is 0. The van der Waals surface area contributed by atoms with Crippen LogP contribution >= 0.6 is 0 Å². The molecule has 0 saturated carbocycles. The molecular weight excluding hydrogens is 109 g/mol. The average molecular weight is 109 g/mol. The minimum absolute atomic E-state index is 0. The monoisotopic (exact) mass is 108 g/mol. The van der Waals surface area contributed by atoms with E-state index in [0.717, 1.165) is 0 Å². The summed E-state index contributed by atoms with van der Waals surface area (Å²) >= 11 is 0. The zero-order chi connectivity index (χ0) is 2.71. The van der Waals surface area contributed by atoms with Crippen molar-refractivity contribution in [2.45, 2.75) is 0 Å². The third-order valence-corrected chi connectivity index (χ3v) is 0. The maximum Gasteiger partial charge on any atom is 0.151 e. The molecule has 0 atom stereocenters. The van der Waals surface area contributed by atoms with E-state index in [9.17, 15) is 0 Å². The number of nitrogens with zero attached hydrogens (tertiary/aromatic N) is 2. The maximum atomic E-state index is 8.11. The van der Waals surface area contributed by atoms with E-state index in [-0.39, 0.29) is 19.5 Å². The van der Waals surface area contributed by atoms with Crippen LogP contribution in [0.4, 0.5) is 0 Å². The van der Waals surface area contributed by atoms with Gasteiger partial charge < -0.3 is 0 Å². The first-order valence-electron chi connectivity index (χ1n) is 0.383. The van der Waals surface area contributed by atoms with Gasteiger partial charge in [0.2, 0.25) is 0 Å². The van der Waals surface area contributed by atoms with Crippen LogP contribution in [-0.4, -0.2) is 0 Å². The van der Waals surface area contributed by atoms with Gasteiger partial charge in [-0.1, -0.05) is 0 Å². The summed E-state index contributed by atoms with van der Waals surface area (Å²) in [5, 5.41) is 0. The zero-order valence-electron chi connectivity index (χ0n) is 2.01. The summed E-state index contributed by atoms with van der Waals surface area (Å²) in [6.45, 7) is 0. The van der Waals surface area contributed by atoms with E-state index < -0.39 is 0 Å². The zero-order valence-corrected chi connectivity index (χ0v) is 4.98. The van der Waals surface area contributed by atoms with Gasteiger partial charge in [0.25, 0.3) is 0 Å². The average Bonchev–Trinajstić information content (AvgIpc) is 0.918. The van der Waals surface area contributed by atoms with Gasteiger partial charge in [0.05, 0.1) is 0 Å². The van der Waals surface area contributed by atoms with Crippen molar-refractivity contribution in [3.8, 4) is 0 Å². The Morgan fingerprint density at radius 3 is 1.75 bits per heavy atom. The van der Waals surface area contributed by atoms with Crippen LogP contribution in [0.15, 0.2) is 0 Å². The topological polar surface area (TPSA) is 53.5 Å². The molecule has 4 heavy (non-hydrogen) atoms. The fourth-order valence-corrected chi connectivity index (χ4v) is 0. The molecule has 0 aromatic carbocycles. The Labute approximate surface area is 35.6 Å². The van der Waals surface area contributed by atoms with Gasteiger partial charge in [-0.15, -0.1) is 0 Å². The van der Waals surface area contributed by atoms with E-state index in [2.05, 4.69) is 0 Å². The SMILES string of the molecule is [N-]=[N+]=O.[Zn]. The third-order valence-electron chi connectivity index (χ3n) is 0. The Hall–Kier alpha value is -0.0666. The molecule has 0 aromatic heterocycles. The molecule has 0 aliphatic heterocycles. The quantitative estimate of drug-likeness (QED) is 0.242. The second-order valence-corrected chi connectivity index (χ2v) is 0.0816. The Morgan fingerprint density at radius 2 is 1.75 bits per heavy atom. The number of hydrogen-bond acceptors (Lipinski definition) is 1. The van der Waals surface area contributed by atoms with Crippen molar-refractivity contribution >= 4 is 0 Å². The van der Waals surface area contributed by atoms with Crippen LogP contribution in [0.5, 0.6) is 0 Å². The summed E-state index contributed by atoms with van der Waals surface area (Å²) in [4.78, 5) is 9.36. The molecule has 0 amide bonds. The van der Waals surface area contributed by atoms with Gasteiger partial charge in [0, 0.05) is 19.5 Å². The molecule has 0 aliphatic carbocycles. The molecule has 0 heterocycles. The third kappa shape index (κ3) is 379. The second kappa shape index (κ2) is 12.6. The number of nitroso groups, excluding NO2 is 1. The smallest absolute Gasteiger partial charge is 0.151 e. The van der Waals surface area contributed by atoms with Crippen LogP contribution in [0.1, 0.15) is 0 Å². The van der Waals surface area contributed by atoms with Gasteiger partial charge in [-0.3, -0.25) is 5.53 Å². The molecule has 0 fully saturated rings. The summed E-state index contributed by atoms with van der Waals surface area (Å²) in [6.07, 6.45) is 0. The fraction of sp³-hybridized carbons (Fsp3) is 0. The molecule has 0 aliphatic rings. The van der Waals surface area contributed by atoms with E-state index in [1.165, 1.54) is 4.97 Å². The summed E-state index contributed by atoms with van der Waals surface area (Å²) in [5.74, 6) is 0. The number of rotatable bonds is 0. The van der Waals surface area contributed by atoms with Gasteiger partial charge in [0.15, 0.2) is 4.91 Å². The first-order chi connectivity index (χ1) is 1.41. The van der Waals surface area contributed by atoms with Gasteiger partial charge in [-0.05, 0) is 0 Å². The first-order valence-corrected chi connectivity index (χ1v) is 0.383. The normalized spacial score (nSPS) is 2.00. The Bertz CT molecular complexity index is 27.0. The Kier molecular flexibility index (Phi) is 28.5. The van der Waals surface area contributed by atoms with E-state index in [1.54, 1.807) is 0 Å². The van der Waals surface area contributed by atoms with Crippen molar-refractivity contribution in [3.05, 3.63) is 10.4 Å². The molecule has 0 saturated heterocycles. The predicted octanol–water partition coefficient (Wildman–Crippen LogP) is -0.161. The minimum Gasteiger partial charge on any atom is -0.294 e. The molecule has 0 spiro atoms. The molecule has 0 bridgehead atoms. The van der Waals surface area contributed by atoms with Gasteiger partial charge in [0.1, 0.15) is 4.97 Å². The first kappa shape index (κ1) is 9.05. The van der Waals surface area contributed by atoms with E-state index in [0.29, 0.717) is 0 Å². The fourth-order valence-electron chi connectivity index (χ4n) is 0. The molecule has 0 radical (unpaired) electrons. The van der Waals surface area contributed by atoms with Crippen LogP contribution in [-0.2, 0) is 19.5 Å². The molecule has 4 heteroatoms. The molecule has 3 nitrogen and oxygen atoms in total. The van der Waals surface area contributed by atoms with Crippen molar-refractivity contribution in [1.29, 1.82) is 0 Å². The largest absolute Gasteiger partial charge is 0.294 e. The molecular formula is N2OZn. The van der Waals surface area contributed by atoms with Crippen molar-refractivity contribution in [2.24, 2.45) is 0 Å².